The molecule has 1 aromatic carbocycles. The summed E-state index contributed by atoms with van der Waals surface area (Å²) >= 11 is 0. The summed E-state index contributed by atoms with van der Waals surface area (Å²) in [6.45, 7) is 2.02. The van der Waals surface area contributed by atoms with E-state index in [-0.39, 0.29) is 6.04 Å². The van der Waals surface area contributed by atoms with Crippen LogP contribution < -0.4 is 0 Å². The number of aryl methyl sites for hydroxylation is 1. The number of benzene rings is 1. The van der Waals surface area contributed by atoms with E-state index in [4.69, 9.17) is 0 Å². The Morgan fingerprint density at radius 2 is 2.05 bits per heavy atom. The summed E-state index contributed by atoms with van der Waals surface area (Å²) < 4.78 is 0. The molecule has 1 N–H and O–H groups in total. The first-order valence-corrected chi connectivity index (χ1v) is 8.17. The first-order valence-electron chi connectivity index (χ1n) is 8.17. The minimum Gasteiger partial charge on any atom is -0.386 e. The van der Waals surface area contributed by atoms with E-state index in [0.29, 0.717) is 0 Å². The van der Waals surface area contributed by atoms with Gasteiger partial charge in [0.25, 0.3) is 0 Å². The van der Waals surface area contributed by atoms with E-state index in [1.165, 1.54) is 18.4 Å². The van der Waals surface area contributed by atoms with Crippen molar-refractivity contribution in [2.24, 2.45) is 0 Å². The number of hydrogen-bond donors (Lipinski definition) is 1. The van der Waals surface area contributed by atoms with Crippen molar-refractivity contribution in [3.63, 3.8) is 0 Å². The van der Waals surface area contributed by atoms with Gasteiger partial charge in [-0.25, -0.2) is 0 Å². The molecule has 3 unspecified atom stereocenters. The predicted octanol–water partition coefficient (Wildman–Crippen LogP) is 2.38. The molecule has 0 amide bonds. The number of nitrogens with zero attached hydrogens (tertiary/aromatic N) is 2. The van der Waals surface area contributed by atoms with Gasteiger partial charge in [-0.15, -0.1) is 0 Å². The van der Waals surface area contributed by atoms with Crippen molar-refractivity contribution >= 4 is 0 Å². The van der Waals surface area contributed by atoms with Gasteiger partial charge in [-0.05, 0) is 49.8 Å². The molecular formula is C18H22N2O. The highest BCUT2D eigenvalue weighted by Gasteiger charge is 2.62. The van der Waals surface area contributed by atoms with E-state index in [1.807, 2.05) is 12.1 Å². The molecule has 0 aromatic heterocycles. The highest BCUT2D eigenvalue weighted by atomic mass is 16.3. The van der Waals surface area contributed by atoms with E-state index < -0.39 is 11.0 Å². The summed E-state index contributed by atoms with van der Waals surface area (Å²) in [7, 11) is 0. The molecule has 2 fully saturated rings. The largest absolute Gasteiger partial charge is 0.386 e. The molecule has 2 heterocycles. The normalized spacial score (nSPS) is 38.8. The van der Waals surface area contributed by atoms with Gasteiger partial charge >= 0.3 is 0 Å². The molecule has 110 valence electrons. The summed E-state index contributed by atoms with van der Waals surface area (Å²) in [5.41, 5.74) is 0.749. The van der Waals surface area contributed by atoms with Crippen molar-refractivity contribution in [2.45, 2.75) is 55.6 Å². The van der Waals surface area contributed by atoms with E-state index in [2.05, 4.69) is 23.1 Å². The van der Waals surface area contributed by atoms with Crippen molar-refractivity contribution in [3.8, 4) is 6.07 Å². The van der Waals surface area contributed by atoms with Gasteiger partial charge in [-0.1, -0.05) is 30.7 Å². The van der Waals surface area contributed by atoms with Crippen LogP contribution in [0.15, 0.2) is 24.3 Å². The van der Waals surface area contributed by atoms with Gasteiger partial charge in [0.1, 0.15) is 11.0 Å². The zero-order valence-corrected chi connectivity index (χ0v) is 12.4. The number of piperidine rings is 1. The zero-order valence-electron chi connectivity index (χ0n) is 12.4. The van der Waals surface area contributed by atoms with Crippen molar-refractivity contribution in [2.75, 3.05) is 13.1 Å². The second-order valence-corrected chi connectivity index (χ2v) is 6.90. The minimum absolute atomic E-state index is 0.164. The number of hydrogen-bond acceptors (Lipinski definition) is 3. The van der Waals surface area contributed by atoms with E-state index >= 15 is 0 Å². The van der Waals surface area contributed by atoms with Crippen LogP contribution in [0, 0.1) is 11.3 Å². The van der Waals surface area contributed by atoms with Crippen LogP contribution in [0.2, 0.25) is 0 Å². The third-order valence-corrected chi connectivity index (χ3v) is 6.12. The van der Waals surface area contributed by atoms with Gasteiger partial charge < -0.3 is 5.11 Å². The Labute approximate surface area is 126 Å². The van der Waals surface area contributed by atoms with Gasteiger partial charge in [-0.2, -0.15) is 5.26 Å². The topological polar surface area (TPSA) is 47.3 Å². The smallest absolute Gasteiger partial charge is 0.113 e. The molecule has 2 saturated heterocycles. The highest BCUT2D eigenvalue weighted by molar-refractivity contribution is 5.48. The van der Waals surface area contributed by atoms with Crippen LogP contribution in [0.5, 0.6) is 0 Å². The maximum absolute atomic E-state index is 11.6. The predicted molar refractivity (Wildman–Crippen MR) is 80.8 cm³/mol. The standard InChI is InChI=1S/C18H22N2O/c19-13-17(9-8-14-5-1-2-6-15(14)17)18(21)10-12-20-11-4-3-7-16(18)20/h1-2,5-6,16,21H,3-4,7-12H2. The quantitative estimate of drug-likeness (QED) is 0.860. The molecule has 3 nitrogen and oxygen atoms in total. The van der Waals surface area contributed by atoms with Crippen LogP contribution in [0.1, 0.15) is 43.2 Å². The van der Waals surface area contributed by atoms with Crippen LogP contribution in [-0.2, 0) is 11.8 Å². The fraction of sp³-hybridized carbons (Fsp3) is 0.611. The molecule has 0 bridgehead atoms. The molecule has 2 aliphatic heterocycles. The van der Waals surface area contributed by atoms with E-state index in [9.17, 15) is 10.4 Å². The average Bonchev–Trinajstić information content (AvgIpc) is 3.08. The molecular weight excluding hydrogens is 260 g/mol. The Bertz CT molecular complexity index is 607. The Morgan fingerprint density at radius 1 is 1.19 bits per heavy atom. The van der Waals surface area contributed by atoms with Crippen LogP contribution in [-0.4, -0.2) is 34.7 Å². The molecule has 0 radical (unpaired) electrons. The highest BCUT2D eigenvalue weighted by Crippen LogP contribution is 2.53. The Kier molecular flexibility index (Phi) is 2.89. The molecule has 1 aliphatic carbocycles. The molecule has 3 heteroatoms. The second-order valence-electron chi connectivity index (χ2n) is 6.90. The first kappa shape index (κ1) is 13.3. The molecule has 0 saturated carbocycles. The molecule has 0 spiro atoms. The van der Waals surface area contributed by atoms with Crippen LogP contribution in [0.25, 0.3) is 0 Å². The van der Waals surface area contributed by atoms with Crippen LogP contribution in [0.3, 0.4) is 0 Å². The van der Waals surface area contributed by atoms with Crippen molar-refractivity contribution < 1.29 is 5.11 Å². The summed E-state index contributed by atoms with van der Waals surface area (Å²) in [5, 5.41) is 21.7. The number of fused-ring (bicyclic) bond motifs is 2. The number of nitriles is 1. The van der Waals surface area contributed by atoms with Crippen molar-refractivity contribution in [3.05, 3.63) is 35.4 Å². The summed E-state index contributed by atoms with van der Waals surface area (Å²) in [6, 6.07) is 11.0. The lowest BCUT2D eigenvalue weighted by Crippen LogP contribution is -2.58. The Morgan fingerprint density at radius 3 is 2.90 bits per heavy atom. The monoisotopic (exact) mass is 282 g/mol. The average molecular weight is 282 g/mol. The molecule has 21 heavy (non-hydrogen) atoms. The summed E-state index contributed by atoms with van der Waals surface area (Å²) in [4.78, 5) is 2.42. The van der Waals surface area contributed by atoms with Crippen molar-refractivity contribution in [1.82, 2.24) is 4.90 Å². The third kappa shape index (κ3) is 1.61. The second kappa shape index (κ2) is 4.56. The summed E-state index contributed by atoms with van der Waals surface area (Å²) in [6.07, 6.45) is 5.85. The third-order valence-electron chi connectivity index (χ3n) is 6.12. The van der Waals surface area contributed by atoms with Gasteiger partial charge in [0, 0.05) is 12.6 Å². The van der Waals surface area contributed by atoms with Gasteiger partial charge in [0.15, 0.2) is 0 Å². The molecule has 4 rings (SSSR count). The van der Waals surface area contributed by atoms with Crippen LogP contribution >= 0.6 is 0 Å². The number of rotatable bonds is 1. The van der Waals surface area contributed by atoms with Crippen LogP contribution in [0.4, 0.5) is 0 Å². The van der Waals surface area contributed by atoms with E-state index in [0.717, 1.165) is 44.3 Å². The SMILES string of the molecule is N#CC1(C2(O)CCN3CCCCC32)CCc2ccccc21. The lowest BCUT2D eigenvalue weighted by molar-refractivity contribution is -0.0551. The van der Waals surface area contributed by atoms with E-state index in [1.54, 1.807) is 0 Å². The fourth-order valence-electron chi connectivity index (χ4n) is 5.05. The van der Waals surface area contributed by atoms with Crippen molar-refractivity contribution in [1.29, 1.82) is 5.26 Å². The molecule has 3 aliphatic rings. The lowest BCUT2D eigenvalue weighted by atomic mass is 9.64. The maximum Gasteiger partial charge on any atom is 0.113 e. The Balaban J connectivity index is 1.82. The molecule has 1 aromatic rings. The minimum atomic E-state index is -0.880. The fourth-order valence-corrected chi connectivity index (χ4v) is 5.05. The van der Waals surface area contributed by atoms with Gasteiger partial charge in [0.2, 0.25) is 0 Å². The van der Waals surface area contributed by atoms with Gasteiger partial charge in [-0.3, -0.25) is 4.90 Å². The first-order chi connectivity index (χ1) is 10.2. The number of aliphatic hydroxyl groups is 1. The lowest BCUT2D eigenvalue weighted by Gasteiger charge is -2.45. The zero-order chi connectivity index (χ0) is 14.5. The Hall–Kier alpha value is -1.37. The van der Waals surface area contributed by atoms with Gasteiger partial charge in [0.05, 0.1) is 6.07 Å². The molecule has 3 atom stereocenters. The maximum atomic E-state index is 11.6. The summed E-state index contributed by atoms with van der Waals surface area (Å²) in [5.74, 6) is 0.